The molecule has 0 saturated carbocycles. The van der Waals surface area contributed by atoms with Crippen LogP contribution >= 0.6 is 11.6 Å². The molecule has 0 atom stereocenters. The lowest BCUT2D eigenvalue weighted by atomic mass is 10.2. The number of nitrogens with zero attached hydrogens (tertiary/aromatic N) is 1. The summed E-state index contributed by atoms with van der Waals surface area (Å²) in [5.74, 6) is -1.08. The van der Waals surface area contributed by atoms with E-state index in [1.807, 2.05) is 0 Å². The van der Waals surface area contributed by atoms with Crippen LogP contribution in [0.25, 0.3) is 0 Å². The number of hydrogen-bond acceptors (Lipinski definition) is 4. The molecule has 2 amide bonds. The average molecular weight is 395 g/mol. The van der Waals surface area contributed by atoms with Gasteiger partial charge in [0.2, 0.25) is 5.91 Å². The first-order chi connectivity index (χ1) is 12.2. The summed E-state index contributed by atoms with van der Waals surface area (Å²) in [6.07, 6.45) is 0. The van der Waals surface area contributed by atoms with Gasteiger partial charge in [0.15, 0.2) is 9.84 Å². The molecule has 0 aromatic heterocycles. The standard InChI is InChI=1S/C18H19ClN2O4S/c1-3-26(24,25)16-10-5-4-9-15(16)18(23)21(2)12-17(22)20-14-8-6-7-13(19)11-14/h4-11H,3,12H2,1-2H3,(H,20,22). The Labute approximate surface area is 157 Å². The van der Waals surface area contributed by atoms with Gasteiger partial charge in [-0.3, -0.25) is 9.59 Å². The van der Waals surface area contributed by atoms with E-state index in [4.69, 9.17) is 11.6 Å². The lowest BCUT2D eigenvalue weighted by Gasteiger charge is -2.18. The Morgan fingerprint density at radius 2 is 1.81 bits per heavy atom. The largest absolute Gasteiger partial charge is 0.332 e. The molecular formula is C18H19ClN2O4S. The monoisotopic (exact) mass is 394 g/mol. The molecule has 0 fully saturated rings. The van der Waals surface area contributed by atoms with E-state index in [9.17, 15) is 18.0 Å². The van der Waals surface area contributed by atoms with Crippen LogP contribution in [-0.2, 0) is 14.6 Å². The zero-order valence-corrected chi connectivity index (χ0v) is 16.0. The molecular weight excluding hydrogens is 376 g/mol. The molecule has 2 rings (SSSR count). The Hall–Kier alpha value is -2.38. The lowest BCUT2D eigenvalue weighted by molar-refractivity contribution is -0.116. The van der Waals surface area contributed by atoms with Crippen molar-refractivity contribution >= 4 is 38.9 Å². The van der Waals surface area contributed by atoms with E-state index >= 15 is 0 Å². The maximum atomic E-state index is 12.6. The highest BCUT2D eigenvalue weighted by molar-refractivity contribution is 7.91. The number of sulfone groups is 1. The highest BCUT2D eigenvalue weighted by Gasteiger charge is 2.23. The number of carbonyl (C=O) groups is 2. The molecule has 0 unspecified atom stereocenters. The van der Waals surface area contributed by atoms with Crippen molar-refractivity contribution in [3.05, 3.63) is 59.1 Å². The number of halogens is 1. The maximum Gasteiger partial charge on any atom is 0.255 e. The zero-order chi connectivity index (χ0) is 19.3. The molecule has 0 aliphatic rings. The van der Waals surface area contributed by atoms with Crippen LogP contribution in [0.15, 0.2) is 53.4 Å². The second-order valence-electron chi connectivity index (χ2n) is 5.62. The van der Waals surface area contributed by atoms with Gasteiger partial charge in [0, 0.05) is 17.8 Å². The number of anilines is 1. The number of amides is 2. The Morgan fingerprint density at radius 1 is 1.12 bits per heavy atom. The first-order valence-corrected chi connectivity index (χ1v) is 9.90. The summed E-state index contributed by atoms with van der Waals surface area (Å²) in [6, 6.07) is 12.6. The van der Waals surface area contributed by atoms with Crippen LogP contribution in [0, 0.1) is 0 Å². The molecule has 0 aliphatic heterocycles. The van der Waals surface area contributed by atoms with Crippen molar-refractivity contribution in [3.63, 3.8) is 0 Å². The van der Waals surface area contributed by atoms with Crippen LogP contribution in [0.5, 0.6) is 0 Å². The minimum absolute atomic E-state index is 0.0328. The maximum absolute atomic E-state index is 12.6. The number of nitrogens with one attached hydrogen (secondary N) is 1. The molecule has 2 aromatic carbocycles. The van der Waals surface area contributed by atoms with E-state index in [1.54, 1.807) is 36.4 Å². The fourth-order valence-electron chi connectivity index (χ4n) is 2.33. The van der Waals surface area contributed by atoms with E-state index < -0.39 is 21.7 Å². The molecule has 2 aromatic rings. The van der Waals surface area contributed by atoms with Gasteiger partial charge in [0.25, 0.3) is 5.91 Å². The van der Waals surface area contributed by atoms with Gasteiger partial charge in [-0.25, -0.2) is 8.42 Å². The van der Waals surface area contributed by atoms with Gasteiger partial charge < -0.3 is 10.2 Å². The summed E-state index contributed by atoms with van der Waals surface area (Å²) >= 11 is 5.87. The van der Waals surface area contributed by atoms with E-state index in [0.717, 1.165) is 0 Å². The molecule has 0 spiro atoms. The SMILES string of the molecule is CCS(=O)(=O)c1ccccc1C(=O)N(C)CC(=O)Nc1cccc(Cl)c1. The van der Waals surface area contributed by atoms with Crippen LogP contribution < -0.4 is 5.32 Å². The smallest absolute Gasteiger partial charge is 0.255 e. The summed E-state index contributed by atoms with van der Waals surface area (Å²) < 4.78 is 24.4. The van der Waals surface area contributed by atoms with Crippen molar-refractivity contribution in [2.75, 3.05) is 24.7 Å². The van der Waals surface area contributed by atoms with Crippen molar-refractivity contribution in [3.8, 4) is 0 Å². The van der Waals surface area contributed by atoms with Crippen molar-refractivity contribution in [1.82, 2.24) is 4.90 Å². The zero-order valence-electron chi connectivity index (χ0n) is 14.4. The number of carbonyl (C=O) groups excluding carboxylic acids is 2. The predicted octanol–water partition coefficient (Wildman–Crippen LogP) is 2.84. The minimum Gasteiger partial charge on any atom is -0.332 e. The van der Waals surface area contributed by atoms with Crippen LogP contribution in [0.1, 0.15) is 17.3 Å². The van der Waals surface area contributed by atoms with Gasteiger partial charge in [-0.15, -0.1) is 0 Å². The van der Waals surface area contributed by atoms with Crippen LogP contribution in [0.2, 0.25) is 5.02 Å². The van der Waals surface area contributed by atoms with E-state index in [-0.39, 0.29) is 22.8 Å². The van der Waals surface area contributed by atoms with Crippen LogP contribution in [0.4, 0.5) is 5.69 Å². The van der Waals surface area contributed by atoms with Crippen molar-refractivity contribution in [2.45, 2.75) is 11.8 Å². The summed E-state index contributed by atoms with van der Waals surface area (Å²) in [5.41, 5.74) is 0.560. The Morgan fingerprint density at radius 3 is 2.46 bits per heavy atom. The van der Waals surface area contributed by atoms with Gasteiger partial charge >= 0.3 is 0 Å². The second kappa shape index (κ2) is 8.33. The summed E-state index contributed by atoms with van der Waals surface area (Å²) in [5, 5.41) is 3.12. The second-order valence-corrected chi connectivity index (χ2v) is 8.30. The third kappa shape index (κ3) is 4.83. The fraction of sp³-hybridized carbons (Fsp3) is 0.222. The normalized spacial score (nSPS) is 11.0. The van der Waals surface area contributed by atoms with Gasteiger partial charge in [0.05, 0.1) is 22.8 Å². The average Bonchev–Trinajstić information content (AvgIpc) is 2.61. The number of benzene rings is 2. The molecule has 6 nitrogen and oxygen atoms in total. The van der Waals surface area contributed by atoms with E-state index in [2.05, 4.69) is 5.32 Å². The Bertz CT molecular complexity index is 928. The molecule has 138 valence electrons. The first kappa shape index (κ1) is 19.9. The van der Waals surface area contributed by atoms with Crippen molar-refractivity contribution in [1.29, 1.82) is 0 Å². The van der Waals surface area contributed by atoms with Crippen molar-refractivity contribution < 1.29 is 18.0 Å². The van der Waals surface area contributed by atoms with Gasteiger partial charge in [-0.05, 0) is 30.3 Å². The minimum atomic E-state index is -3.55. The lowest BCUT2D eigenvalue weighted by Crippen LogP contribution is -2.35. The molecule has 0 saturated heterocycles. The third-order valence-corrected chi connectivity index (χ3v) is 5.69. The quantitative estimate of drug-likeness (QED) is 0.816. The molecule has 1 N–H and O–H groups in total. The molecule has 26 heavy (non-hydrogen) atoms. The first-order valence-electron chi connectivity index (χ1n) is 7.87. The van der Waals surface area contributed by atoms with Gasteiger partial charge in [-0.1, -0.05) is 36.7 Å². The van der Waals surface area contributed by atoms with Gasteiger partial charge in [-0.2, -0.15) is 0 Å². The Balaban J connectivity index is 2.14. The molecule has 0 bridgehead atoms. The third-order valence-electron chi connectivity index (χ3n) is 3.67. The van der Waals surface area contributed by atoms with Crippen LogP contribution in [0.3, 0.4) is 0 Å². The molecule has 0 heterocycles. The molecule has 0 radical (unpaired) electrons. The van der Waals surface area contributed by atoms with Crippen LogP contribution in [-0.4, -0.2) is 44.5 Å². The highest BCUT2D eigenvalue weighted by atomic mass is 35.5. The highest BCUT2D eigenvalue weighted by Crippen LogP contribution is 2.19. The topological polar surface area (TPSA) is 83.6 Å². The number of hydrogen-bond donors (Lipinski definition) is 1. The summed E-state index contributed by atoms with van der Waals surface area (Å²) in [6.45, 7) is 1.28. The number of rotatable bonds is 6. The number of likely N-dealkylation sites (N-methyl/N-ethyl adjacent to an activating group) is 1. The Kier molecular flexibility index (Phi) is 6.39. The molecule has 8 heteroatoms. The van der Waals surface area contributed by atoms with Crippen molar-refractivity contribution in [2.24, 2.45) is 0 Å². The molecule has 0 aliphatic carbocycles. The predicted molar refractivity (Wildman–Crippen MR) is 101 cm³/mol. The summed E-state index contributed by atoms with van der Waals surface area (Å²) in [4.78, 5) is 25.9. The van der Waals surface area contributed by atoms with E-state index in [1.165, 1.54) is 31.0 Å². The summed E-state index contributed by atoms with van der Waals surface area (Å²) in [7, 11) is -2.11. The fourth-order valence-corrected chi connectivity index (χ4v) is 3.61. The van der Waals surface area contributed by atoms with E-state index in [0.29, 0.717) is 10.7 Å². The van der Waals surface area contributed by atoms with Gasteiger partial charge in [0.1, 0.15) is 0 Å².